The fourth-order valence-corrected chi connectivity index (χ4v) is 1.22. The van der Waals surface area contributed by atoms with Crippen LogP contribution in [-0.2, 0) is 4.74 Å². The highest BCUT2D eigenvalue weighted by Crippen LogP contribution is 2.20. The summed E-state index contributed by atoms with van der Waals surface area (Å²) in [6, 6.07) is 0. The van der Waals surface area contributed by atoms with Crippen molar-refractivity contribution >= 4 is 29.2 Å². The molecule has 0 bridgehead atoms. The molecule has 0 radical (unpaired) electrons. The van der Waals surface area contributed by atoms with Gasteiger partial charge in [0.1, 0.15) is 0 Å². The zero-order valence-electron chi connectivity index (χ0n) is 9.08. The Morgan fingerprint density at radius 2 is 2.25 bits per heavy atom. The number of nitrogens with zero attached hydrogens (tertiary/aromatic N) is 2. The van der Waals surface area contributed by atoms with E-state index in [1.807, 2.05) is 6.92 Å². The van der Waals surface area contributed by atoms with E-state index in [9.17, 15) is 4.79 Å². The first-order valence-electron chi connectivity index (χ1n) is 4.75. The Kier molecular flexibility index (Phi) is 4.30. The van der Waals surface area contributed by atoms with Gasteiger partial charge in [0.05, 0.1) is 7.11 Å². The van der Waals surface area contributed by atoms with Gasteiger partial charge in [-0.1, -0.05) is 18.5 Å². The number of ether oxygens (including phenoxy) is 1. The summed E-state index contributed by atoms with van der Waals surface area (Å²) in [5.41, 5.74) is 5.49. The third-order valence-electron chi connectivity index (χ3n) is 1.80. The zero-order chi connectivity index (χ0) is 12.1. The zero-order valence-corrected chi connectivity index (χ0v) is 9.84. The summed E-state index contributed by atoms with van der Waals surface area (Å²) in [5, 5.41) is 3.05. The monoisotopic (exact) mass is 244 g/mol. The number of carbonyl (C=O) groups excluding carboxylic acids is 1. The van der Waals surface area contributed by atoms with Gasteiger partial charge in [-0.25, -0.2) is 14.8 Å². The molecule has 1 aromatic rings. The topological polar surface area (TPSA) is 90.1 Å². The van der Waals surface area contributed by atoms with Crippen molar-refractivity contribution in [1.29, 1.82) is 0 Å². The maximum atomic E-state index is 11.2. The van der Waals surface area contributed by atoms with Crippen LogP contribution in [-0.4, -0.2) is 29.6 Å². The lowest BCUT2D eigenvalue weighted by Crippen LogP contribution is -2.13. The van der Waals surface area contributed by atoms with E-state index in [0.717, 1.165) is 6.42 Å². The maximum Gasteiger partial charge on any atom is 0.360 e. The Morgan fingerprint density at radius 3 is 2.81 bits per heavy atom. The molecule has 6 nitrogen and oxygen atoms in total. The summed E-state index contributed by atoms with van der Waals surface area (Å²) in [5.74, 6) is -0.294. The van der Waals surface area contributed by atoms with Gasteiger partial charge >= 0.3 is 5.97 Å². The number of esters is 1. The Labute approximate surface area is 98.2 Å². The van der Waals surface area contributed by atoms with Crippen LogP contribution < -0.4 is 11.1 Å². The van der Waals surface area contributed by atoms with Crippen LogP contribution in [0, 0.1) is 0 Å². The van der Waals surface area contributed by atoms with E-state index in [1.54, 1.807) is 0 Å². The van der Waals surface area contributed by atoms with Crippen LogP contribution in [0.4, 0.5) is 11.6 Å². The Bertz CT molecular complexity index is 397. The molecule has 7 heteroatoms. The predicted octanol–water partition coefficient (Wildman–Crippen LogP) is 1.32. The van der Waals surface area contributed by atoms with Crippen LogP contribution in [0.1, 0.15) is 23.8 Å². The van der Waals surface area contributed by atoms with Crippen LogP contribution in [0.3, 0.4) is 0 Å². The van der Waals surface area contributed by atoms with Crippen molar-refractivity contribution in [3.8, 4) is 0 Å². The number of carbonyl (C=O) groups is 1. The summed E-state index contributed by atoms with van der Waals surface area (Å²) < 4.78 is 4.49. The van der Waals surface area contributed by atoms with Crippen molar-refractivity contribution in [3.63, 3.8) is 0 Å². The quantitative estimate of drug-likeness (QED) is 0.777. The van der Waals surface area contributed by atoms with Crippen LogP contribution in [0.2, 0.25) is 5.15 Å². The number of rotatable bonds is 4. The molecule has 1 heterocycles. The summed E-state index contributed by atoms with van der Waals surface area (Å²) in [6.45, 7) is 2.70. The van der Waals surface area contributed by atoms with Crippen LogP contribution in [0.5, 0.6) is 0 Å². The Hall–Kier alpha value is -1.56. The fraction of sp³-hybridized carbons (Fsp3) is 0.444. The molecule has 0 saturated heterocycles. The molecule has 1 rings (SSSR count). The molecule has 0 fully saturated rings. The second-order valence-corrected chi connectivity index (χ2v) is 3.37. The summed E-state index contributed by atoms with van der Waals surface area (Å²) in [6.07, 6.45) is 0.913. The molecular weight excluding hydrogens is 232 g/mol. The number of nitrogens with two attached hydrogens (primary N) is 1. The van der Waals surface area contributed by atoms with Gasteiger partial charge in [-0.05, 0) is 6.42 Å². The Morgan fingerprint density at radius 1 is 1.56 bits per heavy atom. The number of hydrogen-bond acceptors (Lipinski definition) is 6. The van der Waals surface area contributed by atoms with Gasteiger partial charge in [-0.3, -0.25) is 0 Å². The van der Waals surface area contributed by atoms with E-state index >= 15 is 0 Å². The molecule has 0 amide bonds. The molecule has 0 unspecified atom stereocenters. The molecule has 0 atom stereocenters. The van der Waals surface area contributed by atoms with Gasteiger partial charge in [0.15, 0.2) is 22.5 Å². The van der Waals surface area contributed by atoms with E-state index in [4.69, 9.17) is 17.3 Å². The number of hydrogen-bond donors (Lipinski definition) is 2. The van der Waals surface area contributed by atoms with Gasteiger partial charge in [0.25, 0.3) is 0 Å². The number of nitrogens with one attached hydrogen (secondary N) is 1. The van der Waals surface area contributed by atoms with Crippen molar-refractivity contribution in [2.45, 2.75) is 13.3 Å². The summed E-state index contributed by atoms with van der Waals surface area (Å²) in [7, 11) is 1.24. The van der Waals surface area contributed by atoms with Gasteiger partial charge in [0, 0.05) is 6.54 Å². The minimum Gasteiger partial charge on any atom is -0.464 e. The lowest BCUT2D eigenvalue weighted by Gasteiger charge is -2.08. The van der Waals surface area contributed by atoms with Gasteiger partial charge < -0.3 is 15.8 Å². The molecule has 88 valence electrons. The summed E-state index contributed by atoms with van der Waals surface area (Å²) in [4.78, 5) is 19.0. The van der Waals surface area contributed by atoms with Crippen molar-refractivity contribution in [3.05, 3.63) is 10.8 Å². The standard InChI is InChI=1S/C9H13ClN4O2/c1-3-4-12-8-6(10)13-5(7(11)14-8)9(15)16-2/h3-4H2,1-2H3,(H3,11,12,14). The molecule has 16 heavy (non-hydrogen) atoms. The van der Waals surface area contributed by atoms with E-state index in [0.29, 0.717) is 12.4 Å². The van der Waals surface area contributed by atoms with Crippen molar-refractivity contribution in [2.75, 3.05) is 24.7 Å². The maximum absolute atomic E-state index is 11.2. The lowest BCUT2D eigenvalue weighted by atomic mass is 10.4. The number of nitrogen functional groups attached to an aromatic ring is 1. The highest BCUT2D eigenvalue weighted by Gasteiger charge is 2.16. The van der Waals surface area contributed by atoms with Crippen molar-refractivity contribution in [1.82, 2.24) is 9.97 Å². The highest BCUT2D eigenvalue weighted by atomic mass is 35.5. The number of aromatic nitrogens is 2. The lowest BCUT2D eigenvalue weighted by molar-refractivity contribution is 0.0595. The van der Waals surface area contributed by atoms with E-state index in [-0.39, 0.29) is 16.7 Å². The number of halogens is 1. The normalized spacial score (nSPS) is 9.94. The van der Waals surface area contributed by atoms with Crippen molar-refractivity contribution < 1.29 is 9.53 Å². The van der Waals surface area contributed by atoms with Crippen LogP contribution in [0.25, 0.3) is 0 Å². The Balaban J connectivity index is 3.02. The van der Waals surface area contributed by atoms with Gasteiger partial charge in [0.2, 0.25) is 0 Å². The number of anilines is 2. The third-order valence-corrected chi connectivity index (χ3v) is 2.06. The smallest absolute Gasteiger partial charge is 0.360 e. The highest BCUT2D eigenvalue weighted by molar-refractivity contribution is 6.31. The molecular formula is C9H13ClN4O2. The SMILES string of the molecule is CCCNc1nc(N)c(C(=O)OC)nc1Cl. The first-order valence-corrected chi connectivity index (χ1v) is 5.13. The third kappa shape index (κ3) is 2.73. The minimum absolute atomic E-state index is 0.00477. The van der Waals surface area contributed by atoms with Gasteiger partial charge in [-0.2, -0.15) is 0 Å². The molecule has 0 aliphatic rings. The molecule has 0 saturated carbocycles. The molecule has 3 N–H and O–H groups in total. The largest absolute Gasteiger partial charge is 0.464 e. The molecule has 0 aliphatic carbocycles. The van der Waals surface area contributed by atoms with E-state index in [1.165, 1.54) is 7.11 Å². The van der Waals surface area contributed by atoms with Gasteiger partial charge in [-0.15, -0.1) is 0 Å². The van der Waals surface area contributed by atoms with Crippen LogP contribution in [0.15, 0.2) is 0 Å². The first-order chi connectivity index (χ1) is 7.60. The average Bonchev–Trinajstić information content (AvgIpc) is 2.28. The first kappa shape index (κ1) is 12.5. The van der Waals surface area contributed by atoms with E-state index in [2.05, 4.69) is 20.0 Å². The second kappa shape index (κ2) is 5.50. The predicted molar refractivity (Wildman–Crippen MR) is 61.6 cm³/mol. The van der Waals surface area contributed by atoms with Crippen LogP contribution >= 0.6 is 11.6 Å². The fourth-order valence-electron chi connectivity index (χ4n) is 1.03. The molecule has 0 aromatic carbocycles. The molecule has 0 spiro atoms. The van der Waals surface area contributed by atoms with E-state index < -0.39 is 5.97 Å². The summed E-state index contributed by atoms with van der Waals surface area (Å²) >= 11 is 5.84. The van der Waals surface area contributed by atoms with Crippen molar-refractivity contribution in [2.24, 2.45) is 0 Å². The molecule has 0 aliphatic heterocycles. The minimum atomic E-state index is -0.658. The molecule has 1 aromatic heterocycles. The second-order valence-electron chi connectivity index (χ2n) is 3.02. The number of methoxy groups -OCH3 is 1. The average molecular weight is 245 g/mol.